The van der Waals surface area contributed by atoms with Crippen LogP contribution < -0.4 is 14.4 Å². The number of anilines is 1. The van der Waals surface area contributed by atoms with E-state index >= 15 is 0 Å². The molecule has 26 heavy (non-hydrogen) atoms. The van der Waals surface area contributed by atoms with Gasteiger partial charge in [-0.05, 0) is 35.6 Å². The van der Waals surface area contributed by atoms with Gasteiger partial charge in [-0.1, -0.05) is 25.1 Å². The monoisotopic (exact) mass is 371 g/mol. The highest BCUT2D eigenvalue weighted by Crippen LogP contribution is 2.37. The summed E-state index contributed by atoms with van der Waals surface area (Å²) in [6, 6.07) is 12.7. The maximum absolute atomic E-state index is 13.1. The van der Waals surface area contributed by atoms with Crippen molar-refractivity contribution in [3.05, 3.63) is 53.6 Å². The Morgan fingerprint density at radius 3 is 2.54 bits per heavy atom. The molecule has 2 aromatic rings. The third-order valence-corrected chi connectivity index (χ3v) is 5.36. The fraction of sp³-hybridized carbons (Fsp3) is 0.300. The van der Waals surface area contributed by atoms with Crippen LogP contribution in [0, 0.1) is 0 Å². The van der Waals surface area contributed by atoms with Crippen LogP contribution in [0.2, 0.25) is 0 Å². The summed E-state index contributed by atoms with van der Waals surface area (Å²) in [5, 5.41) is -0.495. The number of carbonyl (C=O) groups is 2. The Labute approximate surface area is 157 Å². The van der Waals surface area contributed by atoms with E-state index in [-0.39, 0.29) is 18.1 Å². The van der Waals surface area contributed by atoms with E-state index in [4.69, 9.17) is 9.47 Å². The smallest absolute Gasteiger partial charge is 0.232 e. The molecule has 0 aliphatic carbocycles. The Bertz CT molecular complexity index is 836. The highest BCUT2D eigenvalue weighted by atomic mass is 32.2. The number of carbonyl (C=O) groups excluding carboxylic acids is 2. The van der Waals surface area contributed by atoms with Gasteiger partial charge in [0.2, 0.25) is 5.91 Å². The van der Waals surface area contributed by atoms with E-state index in [0.29, 0.717) is 22.7 Å². The number of ether oxygens (including phenoxy) is 2. The Kier molecular flexibility index (Phi) is 5.52. The number of benzene rings is 2. The molecule has 3 rings (SSSR count). The topological polar surface area (TPSA) is 55.8 Å². The number of nitrogens with zero attached hydrogens (tertiary/aromatic N) is 1. The minimum Gasteiger partial charge on any atom is -0.493 e. The third-order valence-electron chi connectivity index (χ3n) is 4.28. The molecule has 0 N–H and O–H groups in total. The van der Waals surface area contributed by atoms with Crippen LogP contribution >= 0.6 is 11.8 Å². The van der Waals surface area contributed by atoms with Gasteiger partial charge >= 0.3 is 0 Å². The van der Waals surface area contributed by atoms with Crippen LogP contribution in [0.25, 0.3) is 0 Å². The average Bonchev–Trinajstić information content (AvgIpc) is 2.94. The molecule has 0 spiro atoms. The summed E-state index contributed by atoms with van der Waals surface area (Å²) in [4.78, 5) is 27.4. The van der Waals surface area contributed by atoms with Crippen LogP contribution in [-0.4, -0.2) is 37.0 Å². The highest BCUT2D eigenvalue weighted by Gasteiger charge is 2.40. The molecule has 0 saturated heterocycles. The maximum atomic E-state index is 13.1. The van der Waals surface area contributed by atoms with E-state index in [2.05, 4.69) is 0 Å². The summed E-state index contributed by atoms with van der Waals surface area (Å²) in [5.41, 5.74) is 2.11. The molecule has 6 heteroatoms. The van der Waals surface area contributed by atoms with E-state index < -0.39 is 5.37 Å². The van der Waals surface area contributed by atoms with Crippen molar-refractivity contribution < 1.29 is 19.1 Å². The number of ketones is 1. The van der Waals surface area contributed by atoms with Crippen LogP contribution in [0.15, 0.2) is 42.5 Å². The number of thioether (sulfide) groups is 1. The molecule has 1 unspecified atom stereocenters. The molecular weight excluding hydrogens is 350 g/mol. The van der Waals surface area contributed by atoms with Crippen molar-refractivity contribution in [3.63, 3.8) is 0 Å². The van der Waals surface area contributed by atoms with Crippen molar-refractivity contribution in [2.45, 2.75) is 18.7 Å². The first-order valence-electron chi connectivity index (χ1n) is 8.38. The number of para-hydroxylation sites is 1. The predicted molar refractivity (Wildman–Crippen MR) is 103 cm³/mol. The van der Waals surface area contributed by atoms with Gasteiger partial charge in [0.05, 0.1) is 26.3 Å². The molecule has 0 aromatic heterocycles. The SMILES string of the molecule is CCSC1C(=O)c2ccccc2N1C(=O)Cc1ccc(OC)c(OC)c1. The van der Waals surface area contributed by atoms with Crippen molar-refractivity contribution in [2.75, 3.05) is 24.9 Å². The number of hydrogen-bond acceptors (Lipinski definition) is 5. The Hall–Kier alpha value is -2.47. The summed E-state index contributed by atoms with van der Waals surface area (Å²) in [5.74, 6) is 1.83. The number of hydrogen-bond donors (Lipinski definition) is 0. The molecule has 0 saturated carbocycles. The zero-order valence-electron chi connectivity index (χ0n) is 15.0. The molecule has 0 radical (unpaired) electrons. The Balaban J connectivity index is 1.89. The lowest BCUT2D eigenvalue weighted by Crippen LogP contribution is -2.39. The number of fused-ring (bicyclic) bond motifs is 1. The van der Waals surface area contributed by atoms with Crippen LogP contribution in [0.3, 0.4) is 0 Å². The first-order valence-corrected chi connectivity index (χ1v) is 9.43. The minimum atomic E-state index is -0.495. The van der Waals surface area contributed by atoms with Gasteiger partial charge in [-0.2, -0.15) is 0 Å². The maximum Gasteiger partial charge on any atom is 0.232 e. The summed E-state index contributed by atoms with van der Waals surface area (Å²) in [7, 11) is 3.13. The van der Waals surface area contributed by atoms with E-state index in [1.54, 1.807) is 37.3 Å². The predicted octanol–water partition coefficient (Wildman–Crippen LogP) is 3.56. The van der Waals surface area contributed by atoms with Crippen molar-refractivity contribution in [3.8, 4) is 11.5 Å². The number of rotatable bonds is 6. The lowest BCUT2D eigenvalue weighted by molar-refractivity contribution is -0.118. The van der Waals surface area contributed by atoms with Crippen LogP contribution in [0.1, 0.15) is 22.8 Å². The van der Waals surface area contributed by atoms with Gasteiger partial charge in [-0.3, -0.25) is 14.5 Å². The van der Waals surface area contributed by atoms with E-state index in [9.17, 15) is 9.59 Å². The first kappa shape index (κ1) is 18.3. The summed E-state index contributed by atoms with van der Waals surface area (Å²) >= 11 is 1.48. The van der Waals surface area contributed by atoms with Crippen molar-refractivity contribution >= 4 is 29.1 Å². The number of Topliss-reactive ketones (excluding diaryl/α,β-unsaturated/α-hetero) is 1. The van der Waals surface area contributed by atoms with E-state index in [1.165, 1.54) is 11.8 Å². The molecule has 2 aromatic carbocycles. The first-order chi connectivity index (χ1) is 12.6. The quantitative estimate of drug-likeness (QED) is 0.777. The zero-order chi connectivity index (χ0) is 18.7. The fourth-order valence-corrected chi connectivity index (χ4v) is 4.07. The molecule has 1 heterocycles. The highest BCUT2D eigenvalue weighted by molar-refractivity contribution is 8.00. The van der Waals surface area contributed by atoms with Crippen LogP contribution in [0.4, 0.5) is 5.69 Å². The normalized spacial score (nSPS) is 15.7. The number of methoxy groups -OCH3 is 2. The molecule has 136 valence electrons. The lowest BCUT2D eigenvalue weighted by Gasteiger charge is -2.24. The molecule has 1 aliphatic heterocycles. The molecule has 1 amide bonds. The van der Waals surface area contributed by atoms with Gasteiger partial charge in [0.15, 0.2) is 17.3 Å². The Morgan fingerprint density at radius 2 is 1.85 bits per heavy atom. The fourth-order valence-electron chi connectivity index (χ4n) is 3.09. The van der Waals surface area contributed by atoms with Gasteiger partial charge < -0.3 is 9.47 Å². The average molecular weight is 371 g/mol. The molecule has 0 bridgehead atoms. The minimum absolute atomic E-state index is 0.00638. The van der Waals surface area contributed by atoms with Crippen molar-refractivity contribution in [1.29, 1.82) is 0 Å². The second-order valence-electron chi connectivity index (χ2n) is 5.82. The molecular formula is C20H21NO4S. The van der Waals surface area contributed by atoms with Crippen molar-refractivity contribution in [1.82, 2.24) is 0 Å². The number of amides is 1. The van der Waals surface area contributed by atoms with E-state index in [1.807, 2.05) is 31.2 Å². The summed E-state index contributed by atoms with van der Waals surface area (Å²) in [6.45, 7) is 1.98. The van der Waals surface area contributed by atoms with Gasteiger partial charge in [0, 0.05) is 5.56 Å². The lowest BCUT2D eigenvalue weighted by atomic mass is 10.1. The standard InChI is InChI=1S/C20H21NO4S/c1-4-26-20-19(23)14-7-5-6-8-15(14)21(20)18(22)12-13-9-10-16(24-2)17(11-13)25-3/h5-11,20H,4,12H2,1-3H3. The van der Waals surface area contributed by atoms with Gasteiger partial charge in [-0.25, -0.2) is 0 Å². The molecule has 1 aliphatic rings. The molecule has 0 fully saturated rings. The van der Waals surface area contributed by atoms with Gasteiger partial charge in [-0.15, -0.1) is 11.8 Å². The third kappa shape index (κ3) is 3.29. The molecule has 5 nitrogen and oxygen atoms in total. The van der Waals surface area contributed by atoms with Gasteiger partial charge in [0.1, 0.15) is 5.37 Å². The summed E-state index contributed by atoms with van der Waals surface area (Å²) < 4.78 is 10.5. The zero-order valence-corrected chi connectivity index (χ0v) is 15.8. The van der Waals surface area contributed by atoms with E-state index in [0.717, 1.165) is 11.3 Å². The Morgan fingerprint density at radius 1 is 1.12 bits per heavy atom. The second kappa shape index (κ2) is 7.83. The second-order valence-corrected chi connectivity index (χ2v) is 7.18. The van der Waals surface area contributed by atoms with Gasteiger partial charge in [0.25, 0.3) is 0 Å². The summed E-state index contributed by atoms with van der Waals surface area (Å²) in [6.07, 6.45) is 0.183. The molecule has 1 atom stereocenters. The largest absolute Gasteiger partial charge is 0.493 e. The van der Waals surface area contributed by atoms with Crippen molar-refractivity contribution in [2.24, 2.45) is 0 Å². The van der Waals surface area contributed by atoms with Crippen LogP contribution in [-0.2, 0) is 11.2 Å². The van der Waals surface area contributed by atoms with Crippen LogP contribution in [0.5, 0.6) is 11.5 Å².